The summed E-state index contributed by atoms with van der Waals surface area (Å²) in [5.74, 6) is 1.04. The highest BCUT2D eigenvalue weighted by atomic mass is 15.2. The van der Waals surface area contributed by atoms with Crippen molar-refractivity contribution < 1.29 is 0 Å². The zero-order chi connectivity index (χ0) is 13.4. The van der Waals surface area contributed by atoms with Gasteiger partial charge in [0.25, 0.3) is 0 Å². The smallest absolute Gasteiger partial charge is 0.128 e. The molecule has 1 N–H and O–H groups in total. The SMILES string of the molecule is C=CCCCN(C)c1cc(CNC(C)C)ccn1. The molecular formula is C15H25N3. The maximum Gasteiger partial charge on any atom is 0.128 e. The highest BCUT2D eigenvalue weighted by Crippen LogP contribution is 2.12. The van der Waals surface area contributed by atoms with Crippen molar-refractivity contribution in [2.45, 2.75) is 39.3 Å². The summed E-state index contributed by atoms with van der Waals surface area (Å²) in [5, 5.41) is 3.42. The standard InChI is InChI=1S/C15H25N3/c1-5-6-7-10-18(4)15-11-14(8-9-16-15)12-17-13(2)3/h5,8-9,11,13,17H,1,6-7,10,12H2,2-4H3. The van der Waals surface area contributed by atoms with E-state index >= 15 is 0 Å². The van der Waals surface area contributed by atoms with Crippen LogP contribution in [0.1, 0.15) is 32.3 Å². The molecule has 0 aliphatic carbocycles. The van der Waals surface area contributed by atoms with Crippen molar-refractivity contribution in [1.82, 2.24) is 10.3 Å². The molecule has 1 rings (SSSR count). The maximum absolute atomic E-state index is 4.42. The van der Waals surface area contributed by atoms with E-state index in [-0.39, 0.29) is 0 Å². The first-order valence-corrected chi connectivity index (χ1v) is 6.64. The summed E-state index contributed by atoms with van der Waals surface area (Å²) < 4.78 is 0. The molecule has 3 nitrogen and oxygen atoms in total. The second kappa shape index (κ2) is 7.88. The zero-order valence-corrected chi connectivity index (χ0v) is 11.8. The molecule has 1 aromatic rings. The Morgan fingerprint density at radius 1 is 1.50 bits per heavy atom. The van der Waals surface area contributed by atoms with Crippen LogP contribution in [0.3, 0.4) is 0 Å². The number of hydrogen-bond acceptors (Lipinski definition) is 3. The average molecular weight is 247 g/mol. The van der Waals surface area contributed by atoms with Gasteiger partial charge in [0.15, 0.2) is 0 Å². The van der Waals surface area contributed by atoms with Crippen molar-refractivity contribution >= 4 is 5.82 Å². The van der Waals surface area contributed by atoms with Gasteiger partial charge in [-0.15, -0.1) is 6.58 Å². The Hall–Kier alpha value is -1.35. The fourth-order valence-corrected chi connectivity index (χ4v) is 1.69. The van der Waals surface area contributed by atoms with Gasteiger partial charge in [0, 0.05) is 32.4 Å². The van der Waals surface area contributed by atoms with E-state index in [9.17, 15) is 0 Å². The fourth-order valence-electron chi connectivity index (χ4n) is 1.69. The molecule has 0 spiro atoms. The summed E-state index contributed by atoms with van der Waals surface area (Å²) in [4.78, 5) is 6.61. The van der Waals surface area contributed by atoms with E-state index in [1.807, 2.05) is 12.3 Å². The van der Waals surface area contributed by atoms with E-state index in [2.05, 4.69) is 54.8 Å². The number of allylic oxidation sites excluding steroid dienone is 1. The molecule has 18 heavy (non-hydrogen) atoms. The van der Waals surface area contributed by atoms with Crippen LogP contribution < -0.4 is 10.2 Å². The Kier molecular flexibility index (Phi) is 6.44. The van der Waals surface area contributed by atoms with Crippen LogP contribution in [0.4, 0.5) is 5.82 Å². The highest BCUT2D eigenvalue weighted by molar-refractivity contribution is 5.39. The predicted molar refractivity (Wildman–Crippen MR) is 78.9 cm³/mol. The molecule has 0 fully saturated rings. The van der Waals surface area contributed by atoms with Crippen LogP contribution in [0.5, 0.6) is 0 Å². The monoisotopic (exact) mass is 247 g/mol. The minimum Gasteiger partial charge on any atom is -0.360 e. The molecule has 1 aromatic heterocycles. The summed E-state index contributed by atoms with van der Waals surface area (Å²) in [6.45, 7) is 9.97. The van der Waals surface area contributed by atoms with Gasteiger partial charge in [0.2, 0.25) is 0 Å². The molecule has 0 saturated heterocycles. The first kappa shape index (κ1) is 14.7. The van der Waals surface area contributed by atoms with Crippen molar-refractivity contribution in [2.24, 2.45) is 0 Å². The van der Waals surface area contributed by atoms with Crippen molar-refractivity contribution in [2.75, 3.05) is 18.5 Å². The molecule has 0 saturated carbocycles. The number of aromatic nitrogens is 1. The third kappa shape index (κ3) is 5.32. The summed E-state index contributed by atoms with van der Waals surface area (Å²) in [6.07, 6.45) is 6.02. The van der Waals surface area contributed by atoms with Gasteiger partial charge >= 0.3 is 0 Å². The lowest BCUT2D eigenvalue weighted by Crippen LogP contribution is -2.23. The normalized spacial score (nSPS) is 10.7. The number of pyridine rings is 1. The zero-order valence-electron chi connectivity index (χ0n) is 11.8. The van der Waals surface area contributed by atoms with Crippen LogP contribution >= 0.6 is 0 Å². The first-order valence-electron chi connectivity index (χ1n) is 6.64. The lowest BCUT2D eigenvalue weighted by molar-refractivity contribution is 0.588. The van der Waals surface area contributed by atoms with Gasteiger partial charge in [0.05, 0.1) is 0 Å². The van der Waals surface area contributed by atoms with Crippen LogP contribution in [0.2, 0.25) is 0 Å². The van der Waals surface area contributed by atoms with Crippen LogP contribution in [0.25, 0.3) is 0 Å². The molecular weight excluding hydrogens is 222 g/mol. The Morgan fingerprint density at radius 3 is 2.94 bits per heavy atom. The summed E-state index contributed by atoms with van der Waals surface area (Å²) in [6, 6.07) is 4.73. The summed E-state index contributed by atoms with van der Waals surface area (Å²) >= 11 is 0. The molecule has 100 valence electrons. The number of unbranched alkanes of at least 4 members (excludes halogenated alkanes) is 1. The van der Waals surface area contributed by atoms with E-state index in [1.165, 1.54) is 5.56 Å². The van der Waals surface area contributed by atoms with Gasteiger partial charge in [0.1, 0.15) is 5.82 Å². The van der Waals surface area contributed by atoms with Gasteiger partial charge in [-0.1, -0.05) is 19.9 Å². The van der Waals surface area contributed by atoms with Crippen LogP contribution in [-0.2, 0) is 6.54 Å². The van der Waals surface area contributed by atoms with Gasteiger partial charge in [-0.2, -0.15) is 0 Å². The van der Waals surface area contributed by atoms with Crippen molar-refractivity contribution in [3.8, 4) is 0 Å². The maximum atomic E-state index is 4.42. The highest BCUT2D eigenvalue weighted by Gasteiger charge is 2.03. The number of nitrogens with one attached hydrogen (secondary N) is 1. The quantitative estimate of drug-likeness (QED) is 0.565. The summed E-state index contributed by atoms with van der Waals surface area (Å²) in [7, 11) is 2.09. The molecule has 1 heterocycles. The predicted octanol–water partition coefficient (Wildman–Crippen LogP) is 2.98. The van der Waals surface area contributed by atoms with Gasteiger partial charge in [-0.05, 0) is 30.5 Å². The second-order valence-electron chi connectivity index (χ2n) is 4.91. The molecule has 0 aliphatic rings. The Balaban J connectivity index is 2.54. The number of rotatable bonds is 8. The average Bonchev–Trinajstić information content (AvgIpc) is 2.37. The van der Waals surface area contributed by atoms with E-state index in [0.29, 0.717) is 6.04 Å². The second-order valence-corrected chi connectivity index (χ2v) is 4.91. The minimum absolute atomic E-state index is 0.506. The lowest BCUT2D eigenvalue weighted by atomic mass is 10.2. The molecule has 0 aliphatic heterocycles. The summed E-state index contributed by atoms with van der Waals surface area (Å²) in [5.41, 5.74) is 1.28. The van der Waals surface area contributed by atoms with Crippen molar-refractivity contribution in [3.05, 3.63) is 36.5 Å². The van der Waals surface area contributed by atoms with Gasteiger partial charge < -0.3 is 10.2 Å². The first-order chi connectivity index (χ1) is 8.63. The molecule has 0 bridgehead atoms. The largest absolute Gasteiger partial charge is 0.360 e. The molecule has 0 unspecified atom stereocenters. The minimum atomic E-state index is 0.506. The fraction of sp³-hybridized carbons (Fsp3) is 0.533. The molecule has 3 heteroatoms. The van der Waals surface area contributed by atoms with Gasteiger partial charge in [-0.25, -0.2) is 4.98 Å². The Labute approximate surface area is 111 Å². The lowest BCUT2D eigenvalue weighted by Gasteiger charge is -2.18. The third-order valence-electron chi connectivity index (χ3n) is 2.82. The number of hydrogen-bond donors (Lipinski definition) is 1. The van der Waals surface area contributed by atoms with E-state index in [4.69, 9.17) is 0 Å². The Morgan fingerprint density at radius 2 is 2.28 bits per heavy atom. The Bertz CT molecular complexity index is 361. The van der Waals surface area contributed by atoms with E-state index < -0.39 is 0 Å². The third-order valence-corrected chi connectivity index (χ3v) is 2.82. The topological polar surface area (TPSA) is 28.2 Å². The molecule has 0 atom stereocenters. The molecule has 0 radical (unpaired) electrons. The van der Waals surface area contributed by atoms with E-state index in [1.54, 1.807) is 0 Å². The van der Waals surface area contributed by atoms with Crippen molar-refractivity contribution in [1.29, 1.82) is 0 Å². The molecule has 0 amide bonds. The number of nitrogens with zero attached hydrogens (tertiary/aromatic N) is 2. The van der Waals surface area contributed by atoms with Crippen molar-refractivity contribution in [3.63, 3.8) is 0 Å². The van der Waals surface area contributed by atoms with Crippen LogP contribution in [-0.4, -0.2) is 24.6 Å². The van der Waals surface area contributed by atoms with Gasteiger partial charge in [-0.3, -0.25) is 0 Å². The number of anilines is 1. The van der Waals surface area contributed by atoms with Crippen LogP contribution in [0, 0.1) is 0 Å². The molecule has 0 aromatic carbocycles. The van der Waals surface area contributed by atoms with Crippen LogP contribution in [0.15, 0.2) is 31.0 Å². The van der Waals surface area contributed by atoms with E-state index in [0.717, 1.165) is 31.7 Å².